The Kier molecular flexibility index (Phi) is 1.32. The minimum Gasteiger partial charge on any atom is -0.0625 e. The Labute approximate surface area is 47.3 Å². The minimum atomic E-state index is 0.270. The van der Waals surface area contributed by atoms with Crippen LogP contribution < -0.4 is 0 Å². The summed E-state index contributed by atoms with van der Waals surface area (Å²) in [7, 11) is 0. The van der Waals surface area contributed by atoms with E-state index in [1.165, 1.54) is 12.8 Å². The van der Waals surface area contributed by atoms with Crippen LogP contribution in [0.25, 0.3) is 0 Å². The molecular formula is C7H14. The van der Waals surface area contributed by atoms with E-state index in [2.05, 4.69) is 6.92 Å². The van der Waals surface area contributed by atoms with Gasteiger partial charge in [-0.3, -0.25) is 0 Å². The molecule has 0 saturated heterocycles. The van der Waals surface area contributed by atoms with Gasteiger partial charge in [0.05, 0.1) is 0 Å². The Morgan fingerprint density at radius 1 is 1.43 bits per heavy atom. The molecule has 0 bridgehead atoms. The van der Waals surface area contributed by atoms with Crippen LogP contribution in [0.4, 0.5) is 0 Å². The van der Waals surface area contributed by atoms with Crippen LogP contribution in [0.1, 0.15) is 40.4 Å². The molecule has 1 aliphatic rings. The topological polar surface area (TPSA) is 0 Å². The molecular weight excluding hydrogens is 84.1 g/mol. The molecule has 0 radical (unpaired) electrons. The van der Waals surface area contributed by atoms with E-state index in [9.17, 15) is 0 Å². The fraction of sp³-hybridized carbons (Fsp3) is 1.00. The van der Waals surface area contributed by atoms with E-state index in [4.69, 9.17) is 1.37 Å². The molecule has 0 spiro atoms. The summed E-state index contributed by atoms with van der Waals surface area (Å²) in [6.45, 7) is 2.28. The summed E-state index contributed by atoms with van der Waals surface area (Å²) in [5.74, 6) is 0.900. The van der Waals surface area contributed by atoms with E-state index in [1.54, 1.807) is 0 Å². The molecule has 42 valence electrons. The molecule has 1 rings (SSSR count). The molecule has 0 atom stereocenters. The zero-order valence-corrected chi connectivity index (χ0v) is 4.98. The highest BCUT2D eigenvalue weighted by Gasteiger charge is 2.05. The lowest BCUT2D eigenvalue weighted by Crippen LogP contribution is -1.99. The number of hydrogen-bond donors (Lipinski definition) is 0. The fourth-order valence-corrected chi connectivity index (χ4v) is 1.09. The first kappa shape index (κ1) is 3.94. The van der Waals surface area contributed by atoms with Gasteiger partial charge in [0, 0.05) is 1.37 Å². The van der Waals surface area contributed by atoms with Crippen molar-refractivity contribution in [3.63, 3.8) is 0 Å². The van der Waals surface area contributed by atoms with E-state index in [-0.39, 0.29) is 6.40 Å². The standard InChI is InChI=1S/C7H14/c1-7-5-3-2-4-6-7/h7H,2-6H2,1H3/i2D. The van der Waals surface area contributed by atoms with Crippen molar-refractivity contribution in [3.05, 3.63) is 0 Å². The lowest BCUT2D eigenvalue weighted by atomic mass is 9.91. The van der Waals surface area contributed by atoms with Gasteiger partial charge in [-0.1, -0.05) is 39.0 Å². The van der Waals surface area contributed by atoms with Gasteiger partial charge in [0.15, 0.2) is 0 Å². The van der Waals surface area contributed by atoms with Crippen LogP contribution in [0, 0.1) is 5.92 Å². The van der Waals surface area contributed by atoms with E-state index in [0.29, 0.717) is 0 Å². The first-order valence-corrected chi connectivity index (χ1v) is 3.21. The second-order valence-electron chi connectivity index (χ2n) is 2.55. The molecule has 0 aromatic rings. The van der Waals surface area contributed by atoms with Crippen LogP contribution in [-0.2, 0) is 0 Å². The molecule has 7 heavy (non-hydrogen) atoms. The first-order valence-electron chi connectivity index (χ1n) is 3.79. The van der Waals surface area contributed by atoms with Gasteiger partial charge in [0.25, 0.3) is 0 Å². The molecule has 0 N–H and O–H groups in total. The third-order valence-corrected chi connectivity index (χ3v) is 1.73. The second kappa shape index (κ2) is 2.34. The summed E-state index contributed by atoms with van der Waals surface area (Å²) in [6.07, 6.45) is 5.12. The minimum absolute atomic E-state index is 0.270. The normalized spacial score (nSPS) is 45.6. The Morgan fingerprint density at radius 2 is 2.00 bits per heavy atom. The molecule has 0 aromatic carbocycles. The predicted octanol–water partition coefficient (Wildman–Crippen LogP) is 2.59. The highest BCUT2D eigenvalue weighted by molar-refractivity contribution is 4.59. The van der Waals surface area contributed by atoms with E-state index < -0.39 is 0 Å². The smallest absolute Gasteiger partial charge is 0.0267 e. The SMILES string of the molecule is [2H]C1CCC(C)CC1. The van der Waals surface area contributed by atoms with Crippen LogP contribution in [0.5, 0.6) is 0 Å². The highest BCUT2D eigenvalue weighted by Crippen LogP contribution is 2.21. The van der Waals surface area contributed by atoms with E-state index >= 15 is 0 Å². The molecule has 0 nitrogen and oxygen atoms in total. The van der Waals surface area contributed by atoms with Crippen molar-refractivity contribution < 1.29 is 1.37 Å². The van der Waals surface area contributed by atoms with Crippen molar-refractivity contribution in [1.29, 1.82) is 0 Å². The maximum atomic E-state index is 7.36. The lowest BCUT2D eigenvalue weighted by molar-refractivity contribution is 0.385. The van der Waals surface area contributed by atoms with Crippen molar-refractivity contribution in [2.45, 2.75) is 39.0 Å². The van der Waals surface area contributed by atoms with Crippen LogP contribution in [0.2, 0.25) is 0 Å². The molecule has 0 unspecified atom stereocenters. The number of hydrogen-bond acceptors (Lipinski definition) is 0. The van der Waals surface area contributed by atoms with Crippen LogP contribution in [0.3, 0.4) is 0 Å². The Hall–Kier alpha value is 0. The molecule has 1 saturated carbocycles. The highest BCUT2D eigenvalue weighted by atomic mass is 14.1. The molecule has 0 heterocycles. The maximum Gasteiger partial charge on any atom is 0.0267 e. The van der Waals surface area contributed by atoms with E-state index in [0.717, 1.165) is 18.8 Å². The van der Waals surface area contributed by atoms with Crippen molar-refractivity contribution in [3.8, 4) is 0 Å². The van der Waals surface area contributed by atoms with Crippen molar-refractivity contribution in [1.82, 2.24) is 0 Å². The van der Waals surface area contributed by atoms with Crippen molar-refractivity contribution in [2.24, 2.45) is 5.92 Å². The average Bonchev–Trinajstić information content (AvgIpc) is 1.77. The molecule has 1 fully saturated rings. The predicted molar refractivity (Wildman–Crippen MR) is 32.2 cm³/mol. The Morgan fingerprint density at radius 3 is 2.43 bits per heavy atom. The summed E-state index contributed by atoms with van der Waals surface area (Å²) < 4.78 is 7.36. The summed E-state index contributed by atoms with van der Waals surface area (Å²) in [4.78, 5) is 0. The largest absolute Gasteiger partial charge is 0.0625 e. The lowest BCUT2D eigenvalue weighted by Gasteiger charge is -2.15. The second-order valence-corrected chi connectivity index (χ2v) is 2.55. The van der Waals surface area contributed by atoms with Gasteiger partial charge in [0.1, 0.15) is 0 Å². The third-order valence-electron chi connectivity index (χ3n) is 1.73. The van der Waals surface area contributed by atoms with Gasteiger partial charge in [-0.15, -0.1) is 0 Å². The molecule has 1 aliphatic carbocycles. The number of rotatable bonds is 0. The molecule has 0 amide bonds. The third kappa shape index (κ3) is 1.50. The molecule has 0 aromatic heterocycles. The summed E-state index contributed by atoms with van der Waals surface area (Å²) >= 11 is 0. The zero-order chi connectivity index (χ0) is 5.98. The quantitative estimate of drug-likeness (QED) is 0.438. The monoisotopic (exact) mass is 99.1 g/mol. The van der Waals surface area contributed by atoms with E-state index in [1.807, 2.05) is 0 Å². The molecule has 0 heteroatoms. The van der Waals surface area contributed by atoms with Crippen LogP contribution >= 0.6 is 0 Å². The van der Waals surface area contributed by atoms with Gasteiger partial charge in [-0.05, 0) is 5.92 Å². The van der Waals surface area contributed by atoms with Crippen molar-refractivity contribution in [2.75, 3.05) is 0 Å². The first-order chi connectivity index (χ1) is 3.79. The van der Waals surface area contributed by atoms with Gasteiger partial charge < -0.3 is 0 Å². The maximum absolute atomic E-state index is 7.36. The summed E-state index contributed by atoms with van der Waals surface area (Å²) in [6, 6.07) is 0. The average molecular weight is 99.2 g/mol. The Balaban J connectivity index is 2.19. The zero-order valence-electron chi connectivity index (χ0n) is 5.98. The van der Waals surface area contributed by atoms with Gasteiger partial charge in [-0.25, -0.2) is 0 Å². The van der Waals surface area contributed by atoms with Crippen molar-refractivity contribution >= 4 is 0 Å². The fourth-order valence-electron chi connectivity index (χ4n) is 1.09. The Bertz CT molecular complexity index is 52.8. The van der Waals surface area contributed by atoms with Crippen LogP contribution in [0.15, 0.2) is 0 Å². The summed E-state index contributed by atoms with van der Waals surface area (Å²) in [5.41, 5.74) is 0. The molecule has 0 aliphatic heterocycles. The summed E-state index contributed by atoms with van der Waals surface area (Å²) in [5, 5.41) is 0. The van der Waals surface area contributed by atoms with Gasteiger partial charge in [0.2, 0.25) is 0 Å². The van der Waals surface area contributed by atoms with Gasteiger partial charge >= 0.3 is 0 Å². The van der Waals surface area contributed by atoms with Gasteiger partial charge in [-0.2, -0.15) is 0 Å². The van der Waals surface area contributed by atoms with Crippen LogP contribution in [-0.4, -0.2) is 0 Å².